The normalized spacial score (nSPS) is 12.5. The number of aromatic amines is 1. The van der Waals surface area contributed by atoms with Crippen molar-refractivity contribution in [2.75, 3.05) is 7.05 Å². The van der Waals surface area contributed by atoms with Gasteiger partial charge in [0.25, 0.3) is 5.56 Å². The SMILES string of the molecule is CC(N)CCCC(=O)N(C)Cc1nc2ccsc2c(=O)[nH]1. The zero-order chi connectivity index (χ0) is 15.4. The predicted octanol–water partition coefficient (Wildman–Crippen LogP) is 1.46. The summed E-state index contributed by atoms with van der Waals surface area (Å²) in [7, 11) is 1.71. The maximum Gasteiger partial charge on any atom is 0.268 e. The Morgan fingerprint density at radius 3 is 3.05 bits per heavy atom. The molecule has 2 aromatic rings. The summed E-state index contributed by atoms with van der Waals surface area (Å²) in [6.07, 6.45) is 2.06. The Balaban J connectivity index is 1.98. The molecule has 0 fully saturated rings. The van der Waals surface area contributed by atoms with Gasteiger partial charge in [-0.05, 0) is 31.2 Å². The summed E-state index contributed by atoms with van der Waals surface area (Å²) < 4.78 is 0.615. The van der Waals surface area contributed by atoms with Crippen LogP contribution in [0.5, 0.6) is 0 Å². The topological polar surface area (TPSA) is 92.1 Å². The first-order valence-electron chi connectivity index (χ1n) is 6.93. The number of hydrogen-bond donors (Lipinski definition) is 2. The van der Waals surface area contributed by atoms with Crippen molar-refractivity contribution in [3.63, 3.8) is 0 Å². The van der Waals surface area contributed by atoms with Gasteiger partial charge in [0.1, 0.15) is 10.5 Å². The lowest BCUT2D eigenvalue weighted by Gasteiger charge is -2.16. The third-order valence-corrected chi connectivity index (χ3v) is 4.13. The molecule has 0 aromatic carbocycles. The Kier molecular flexibility index (Phi) is 5.08. The zero-order valence-electron chi connectivity index (χ0n) is 12.3. The minimum absolute atomic E-state index is 0.0312. The molecule has 1 atom stereocenters. The van der Waals surface area contributed by atoms with Crippen LogP contribution in [0.2, 0.25) is 0 Å². The van der Waals surface area contributed by atoms with E-state index in [1.165, 1.54) is 11.3 Å². The number of carbonyl (C=O) groups is 1. The van der Waals surface area contributed by atoms with Gasteiger partial charge in [-0.15, -0.1) is 11.3 Å². The second-order valence-corrected chi connectivity index (χ2v) is 6.18. The Morgan fingerprint density at radius 2 is 2.33 bits per heavy atom. The van der Waals surface area contributed by atoms with E-state index in [1.54, 1.807) is 11.9 Å². The van der Waals surface area contributed by atoms with Crippen molar-refractivity contribution >= 4 is 27.5 Å². The van der Waals surface area contributed by atoms with Crippen LogP contribution in [0.15, 0.2) is 16.2 Å². The molecule has 114 valence electrons. The molecule has 0 aliphatic carbocycles. The van der Waals surface area contributed by atoms with Crippen LogP contribution in [0.1, 0.15) is 32.0 Å². The van der Waals surface area contributed by atoms with Gasteiger partial charge in [-0.2, -0.15) is 0 Å². The van der Waals surface area contributed by atoms with Gasteiger partial charge in [0.15, 0.2) is 0 Å². The molecule has 2 rings (SSSR count). The van der Waals surface area contributed by atoms with E-state index in [4.69, 9.17) is 5.73 Å². The molecule has 0 aliphatic rings. The van der Waals surface area contributed by atoms with Gasteiger partial charge in [-0.25, -0.2) is 4.98 Å². The number of rotatable bonds is 6. The molecule has 3 N–H and O–H groups in total. The standard InChI is InChI=1S/C14H20N4O2S/c1-9(15)4-3-5-12(19)18(2)8-11-16-10-6-7-21-13(10)14(20)17-11/h6-7,9H,3-5,8,15H2,1-2H3,(H,16,17,20). The van der Waals surface area contributed by atoms with Crippen LogP contribution in [0.3, 0.4) is 0 Å². The average Bonchev–Trinajstić information content (AvgIpc) is 2.86. The summed E-state index contributed by atoms with van der Waals surface area (Å²) in [5.41, 5.74) is 6.19. The van der Waals surface area contributed by atoms with Crippen molar-refractivity contribution in [2.24, 2.45) is 5.73 Å². The van der Waals surface area contributed by atoms with Crippen LogP contribution >= 0.6 is 11.3 Å². The zero-order valence-corrected chi connectivity index (χ0v) is 13.1. The third-order valence-electron chi connectivity index (χ3n) is 3.23. The fourth-order valence-corrected chi connectivity index (χ4v) is 2.80. The Labute approximate surface area is 127 Å². The average molecular weight is 308 g/mol. The van der Waals surface area contributed by atoms with E-state index in [9.17, 15) is 9.59 Å². The van der Waals surface area contributed by atoms with Crippen molar-refractivity contribution in [2.45, 2.75) is 38.8 Å². The minimum atomic E-state index is -0.150. The number of nitrogens with zero attached hydrogens (tertiary/aromatic N) is 2. The van der Waals surface area contributed by atoms with Crippen LogP contribution in [0.25, 0.3) is 10.2 Å². The van der Waals surface area contributed by atoms with Crippen molar-refractivity contribution in [3.8, 4) is 0 Å². The predicted molar refractivity (Wildman–Crippen MR) is 84.2 cm³/mol. The number of fused-ring (bicyclic) bond motifs is 1. The largest absolute Gasteiger partial charge is 0.338 e. The third kappa shape index (κ3) is 4.12. The summed E-state index contributed by atoms with van der Waals surface area (Å²) in [5.74, 6) is 0.539. The lowest BCUT2D eigenvalue weighted by Crippen LogP contribution is -2.28. The molecule has 0 saturated heterocycles. The number of aromatic nitrogens is 2. The molecule has 6 nitrogen and oxygen atoms in total. The van der Waals surface area contributed by atoms with Crippen molar-refractivity contribution in [1.82, 2.24) is 14.9 Å². The number of amides is 1. The summed E-state index contributed by atoms with van der Waals surface area (Å²) in [4.78, 5) is 32.5. The van der Waals surface area contributed by atoms with Gasteiger partial charge in [0.05, 0.1) is 12.1 Å². The summed E-state index contributed by atoms with van der Waals surface area (Å²) >= 11 is 1.36. The van der Waals surface area contributed by atoms with Crippen LogP contribution in [0.4, 0.5) is 0 Å². The monoisotopic (exact) mass is 308 g/mol. The molecular weight excluding hydrogens is 288 g/mol. The number of hydrogen-bond acceptors (Lipinski definition) is 5. The van der Waals surface area contributed by atoms with E-state index in [0.717, 1.165) is 12.8 Å². The highest BCUT2D eigenvalue weighted by Crippen LogP contribution is 2.14. The molecule has 0 radical (unpaired) electrons. The summed E-state index contributed by atoms with van der Waals surface area (Å²) in [6.45, 7) is 2.23. The highest BCUT2D eigenvalue weighted by Gasteiger charge is 2.12. The molecule has 21 heavy (non-hydrogen) atoms. The molecule has 0 saturated carbocycles. The quantitative estimate of drug-likeness (QED) is 0.845. The Morgan fingerprint density at radius 1 is 1.57 bits per heavy atom. The van der Waals surface area contributed by atoms with Gasteiger partial charge < -0.3 is 15.6 Å². The molecule has 0 aliphatic heterocycles. The molecule has 2 heterocycles. The van der Waals surface area contributed by atoms with Crippen molar-refractivity contribution in [3.05, 3.63) is 27.6 Å². The fraction of sp³-hybridized carbons (Fsp3) is 0.500. The minimum Gasteiger partial charge on any atom is -0.338 e. The van der Waals surface area contributed by atoms with Crippen LogP contribution < -0.4 is 11.3 Å². The first-order valence-corrected chi connectivity index (χ1v) is 7.81. The van der Waals surface area contributed by atoms with Gasteiger partial charge in [0, 0.05) is 19.5 Å². The number of H-pyrrole nitrogens is 1. The Hall–Kier alpha value is -1.73. The number of nitrogens with two attached hydrogens (primary N) is 1. The van der Waals surface area contributed by atoms with Crippen LogP contribution in [0, 0.1) is 0 Å². The second kappa shape index (κ2) is 6.82. The van der Waals surface area contributed by atoms with E-state index >= 15 is 0 Å². The Bertz CT molecular complexity index is 677. The first kappa shape index (κ1) is 15.7. The molecule has 7 heteroatoms. The smallest absolute Gasteiger partial charge is 0.268 e. The molecule has 0 bridgehead atoms. The van der Waals surface area contributed by atoms with E-state index in [-0.39, 0.29) is 17.5 Å². The molecule has 1 unspecified atom stereocenters. The van der Waals surface area contributed by atoms with E-state index in [1.807, 2.05) is 18.4 Å². The van der Waals surface area contributed by atoms with Gasteiger partial charge in [-0.1, -0.05) is 0 Å². The van der Waals surface area contributed by atoms with Crippen LogP contribution in [-0.4, -0.2) is 33.9 Å². The van der Waals surface area contributed by atoms with E-state index in [2.05, 4.69) is 9.97 Å². The van der Waals surface area contributed by atoms with E-state index < -0.39 is 0 Å². The number of carbonyl (C=O) groups excluding carboxylic acids is 1. The molecule has 0 spiro atoms. The fourth-order valence-electron chi connectivity index (χ4n) is 2.08. The number of nitrogens with one attached hydrogen (secondary N) is 1. The van der Waals surface area contributed by atoms with Gasteiger partial charge in [0.2, 0.25) is 5.91 Å². The highest BCUT2D eigenvalue weighted by molar-refractivity contribution is 7.17. The van der Waals surface area contributed by atoms with E-state index in [0.29, 0.717) is 29.0 Å². The van der Waals surface area contributed by atoms with Gasteiger partial charge in [-0.3, -0.25) is 9.59 Å². The molecule has 2 aromatic heterocycles. The number of thiophene rings is 1. The first-order chi connectivity index (χ1) is 9.97. The van der Waals surface area contributed by atoms with Crippen molar-refractivity contribution < 1.29 is 4.79 Å². The second-order valence-electron chi connectivity index (χ2n) is 5.27. The maximum atomic E-state index is 12.0. The lowest BCUT2D eigenvalue weighted by atomic mass is 10.1. The molecule has 1 amide bonds. The lowest BCUT2D eigenvalue weighted by molar-refractivity contribution is -0.130. The van der Waals surface area contributed by atoms with Gasteiger partial charge >= 0.3 is 0 Å². The van der Waals surface area contributed by atoms with Crippen LogP contribution in [-0.2, 0) is 11.3 Å². The highest BCUT2D eigenvalue weighted by atomic mass is 32.1. The summed E-state index contributed by atoms with van der Waals surface area (Å²) in [5, 5.41) is 1.83. The summed E-state index contributed by atoms with van der Waals surface area (Å²) in [6, 6.07) is 1.92. The van der Waals surface area contributed by atoms with Crippen molar-refractivity contribution in [1.29, 1.82) is 0 Å². The maximum absolute atomic E-state index is 12.0. The molecular formula is C14H20N4O2S.